The lowest BCUT2D eigenvalue weighted by molar-refractivity contribution is 0.479. The zero-order valence-electron chi connectivity index (χ0n) is 6.95. The Morgan fingerprint density at radius 1 is 1.21 bits per heavy atom. The molecule has 2 aromatic rings. The predicted molar refractivity (Wildman–Crippen MR) is 49.4 cm³/mol. The van der Waals surface area contributed by atoms with Gasteiger partial charge in [-0.1, -0.05) is 24.3 Å². The molecule has 0 aliphatic rings. The highest BCUT2D eigenvalue weighted by Gasteiger charge is 2.15. The predicted octanol–water partition coefficient (Wildman–Crippen LogP) is 0.877. The van der Waals surface area contributed by atoms with Crippen molar-refractivity contribution in [1.29, 1.82) is 0 Å². The summed E-state index contributed by atoms with van der Waals surface area (Å²) in [6, 6.07) is 6.67. The van der Waals surface area contributed by atoms with Gasteiger partial charge >= 0.3 is 10.1 Å². The van der Waals surface area contributed by atoms with Gasteiger partial charge in [-0.3, -0.25) is 4.55 Å². The molecule has 14 heavy (non-hydrogen) atoms. The van der Waals surface area contributed by atoms with E-state index in [4.69, 9.17) is 4.55 Å². The lowest BCUT2D eigenvalue weighted by Crippen LogP contribution is -2.03. The molecule has 0 aliphatic heterocycles. The molecule has 0 atom stereocenters. The first-order valence-electron chi connectivity index (χ1n) is 3.77. The Balaban J connectivity index is 2.92. The van der Waals surface area contributed by atoms with E-state index in [2.05, 4.69) is 10.2 Å². The normalized spacial score (nSPS) is 11.8. The van der Waals surface area contributed by atoms with Gasteiger partial charge in [0.1, 0.15) is 0 Å². The van der Waals surface area contributed by atoms with Crippen LogP contribution in [0.2, 0.25) is 0 Å². The van der Waals surface area contributed by atoms with Crippen LogP contribution >= 0.6 is 0 Å². The molecule has 0 saturated carbocycles. The largest absolute Gasteiger partial charge is 0.314 e. The van der Waals surface area contributed by atoms with Crippen molar-refractivity contribution in [1.82, 2.24) is 10.2 Å². The SMILES string of the molecule is O=S(=O)(O)c1nncc2ccccc12. The first-order valence-corrected chi connectivity index (χ1v) is 5.21. The summed E-state index contributed by atoms with van der Waals surface area (Å²) in [5.74, 6) is 0. The van der Waals surface area contributed by atoms with Crippen LogP contribution in [0.5, 0.6) is 0 Å². The number of fused-ring (bicyclic) bond motifs is 1. The van der Waals surface area contributed by atoms with Crippen molar-refractivity contribution >= 4 is 20.9 Å². The van der Waals surface area contributed by atoms with Crippen molar-refractivity contribution < 1.29 is 13.0 Å². The molecule has 0 saturated heterocycles. The van der Waals surface area contributed by atoms with Crippen LogP contribution in [0, 0.1) is 0 Å². The summed E-state index contributed by atoms with van der Waals surface area (Å²) in [5.41, 5.74) is 0. The van der Waals surface area contributed by atoms with Gasteiger partial charge in [-0.05, 0) is 0 Å². The number of rotatable bonds is 1. The summed E-state index contributed by atoms with van der Waals surface area (Å²) in [5, 5.41) is 7.46. The summed E-state index contributed by atoms with van der Waals surface area (Å²) in [4.78, 5) is 0. The fourth-order valence-corrected chi connectivity index (χ4v) is 1.81. The first-order chi connectivity index (χ1) is 6.59. The number of hydrogen-bond acceptors (Lipinski definition) is 4. The second kappa shape index (κ2) is 3.00. The maximum absolute atomic E-state index is 10.9. The molecule has 6 heteroatoms. The van der Waals surface area contributed by atoms with Crippen LogP contribution in [0.4, 0.5) is 0 Å². The molecule has 0 amide bonds. The maximum atomic E-state index is 10.9. The van der Waals surface area contributed by atoms with Crippen molar-refractivity contribution in [3.8, 4) is 0 Å². The lowest BCUT2D eigenvalue weighted by atomic mass is 10.2. The average molecular weight is 210 g/mol. The minimum atomic E-state index is -4.30. The van der Waals surface area contributed by atoms with Crippen molar-refractivity contribution in [3.63, 3.8) is 0 Å². The summed E-state index contributed by atoms with van der Waals surface area (Å²) >= 11 is 0. The number of benzene rings is 1. The first kappa shape index (κ1) is 9.04. The molecule has 2 rings (SSSR count). The van der Waals surface area contributed by atoms with Gasteiger partial charge in [-0.25, -0.2) is 0 Å². The second-order valence-electron chi connectivity index (χ2n) is 2.71. The summed E-state index contributed by atoms with van der Waals surface area (Å²) in [7, 11) is -4.30. The monoisotopic (exact) mass is 210 g/mol. The van der Waals surface area contributed by atoms with Gasteiger partial charge in [-0.2, -0.15) is 13.5 Å². The van der Waals surface area contributed by atoms with Crippen LogP contribution in [-0.4, -0.2) is 23.2 Å². The van der Waals surface area contributed by atoms with E-state index in [1.807, 2.05) is 0 Å². The van der Waals surface area contributed by atoms with Crippen LogP contribution < -0.4 is 0 Å². The van der Waals surface area contributed by atoms with Crippen molar-refractivity contribution in [3.05, 3.63) is 30.5 Å². The van der Waals surface area contributed by atoms with E-state index < -0.39 is 15.1 Å². The minimum Gasteiger partial charge on any atom is -0.281 e. The molecular weight excluding hydrogens is 204 g/mol. The van der Waals surface area contributed by atoms with E-state index in [1.165, 1.54) is 6.20 Å². The van der Waals surface area contributed by atoms with E-state index in [0.717, 1.165) is 0 Å². The van der Waals surface area contributed by atoms with Gasteiger partial charge in [0.15, 0.2) is 0 Å². The third-order valence-corrected chi connectivity index (χ3v) is 2.57. The quantitative estimate of drug-likeness (QED) is 0.706. The molecule has 0 aliphatic carbocycles. The highest BCUT2D eigenvalue weighted by Crippen LogP contribution is 2.18. The summed E-state index contributed by atoms with van der Waals surface area (Å²) in [6.07, 6.45) is 1.43. The van der Waals surface area contributed by atoms with Gasteiger partial charge in [0, 0.05) is 10.8 Å². The summed E-state index contributed by atoms with van der Waals surface area (Å²) in [6.45, 7) is 0. The Bertz CT molecular complexity index is 575. The Hall–Kier alpha value is -1.53. The Labute approximate surface area is 80.1 Å². The van der Waals surface area contributed by atoms with E-state index in [9.17, 15) is 8.42 Å². The molecule has 0 fully saturated rings. The molecule has 0 radical (unpaired) electrons. The molecule has 1 aromatic heterocycles. The molecule has 0 bridgehead atoms. The van der Waals surface area contributed by atoms with Gasteiger partial charge in [-0.15, -0.1) is 5.10 Å². The highest BCUT2D eigenvalue weighted by atomic mass is 32.2. The van der Waals surface area contributed by atoms with Crippen LogP contribution in [0.25, 0.3) is 10.8 Å². The van der Waals surface area contributed by atoms with Crippen molar-refractivity contribution in [2.45, 2.75) is 5.03 Å². The standard InChI is InChI=1S/C8H6N2O3S/c11-14(12,13)8-7-4-2-1-3-6(7)5-9-10-8/h1-5H,(H,11,12,13). The van der Waals surface area contributed by atoms with Gasteiger partial charge in [0.05, 0.1) is 6.20 Å². The Morgan fingerprint density at radius 2 is 1.93 bits per heavy atom. The average Bonchev–Trinajstić information content (AvgIpc) is 2.15. The zero-order chi connectivity index (χ0) is 10.2. The van der Waals surface area contributed by atoms with Gasteiger partial charge in [0.2, 0.25) is 5.03 Å². The van der Waals surface area contributed by atoms with E-state index in [-0.39, 0.29) is 0 Å². The second-order valence-corrected chi connectivity index (χ2v) is 4.05. The lowest BCUT2D eigenvalue weighted by Gasteiger charge is -1.99. The molecule has 0 spiro atoms. The van der Waals surface area contributed by atoms with Crippen LogP contribution in [0.15, 0.2) is 35.5 Å². The van der Waals surface area contributed by atoms with Crippen LogP contribution in [0.3, 0.4) is 0 Å². The van der Waals surface area contributed by atoms with E-state index >= 15 is 0 Å². The van der Waals surface area contributed by atoms with Crippen molar-refractivity contribution in [2.24, 2.45) is 0 Å². The third kappa shape index (κ3) is 1.45. The molecule has 1 heterocycles. The summed E-state index contributed by atoms with van der Waals surface area (Å²) < 4.78 is 30.7. The van der Waals surface area contributed by atoms with E-state index in [1.54, 1.807) is 24.3 Å². The van der Waals surface area contributed by atoms with Gasteiger partial charge < -0.3 is 0 Å². The number of hydrogen-bond donors (Lipinski definition) is 1. The van der Waals surface area contributed by atoms with Crippen LogP contribution in [0.1, 0.15) is 0 Å². The highest BCUT2D eigenvalue weighted by molar-refractivity contribution is 7.86. The Kier molecular flexibility index (Phi) is 1.94. The van der Waals surface area contributed by atoms with Crippen molar-refractivity contribution in [2.75, 3.05) is 0 Å². The third-order valence-electron chi connectivity index (χ3n) is 1.78. The molecule has 5 nitrogen and oxygen atoms in total. The van der Waals surface area contributed by atoms with Gasteiger partial charge in [0.25, 0.3) is 0 Å². The molecule has 72 valence electrons. The number of nitrogens with zero attached hydrogens (tertiary/aromatic N) is 2. The van der Waals surface area contributed by atoms with E-state index in [0.29, 0.717) is 10.8 Å². The minimum absolute atomic E-state index is 0.366. The maximum Gasteiger partial charge on any atom is 0.314 e. The fourth-order valence-electron chi connectivity index (χ4n) is 1.19. The van der Waals surface area contributed by atoms with Crippen LogP contribution in [-0.2, 0) is 10.1 Å². The topological polar surface area (TPSA) is 80.2 Å². The smallest absolute Gasteiger partial charge is 0.281 e. The zero-order valence-corrected chi connectivity index (χ0v) is 7.77. The molecular formula is C8H6N2O3S. The molecule has 1 N–H and O–H groups in total. The fraction of sp³-hybridized carbons (Fsp3) is 0. The number of aromatic nitrogens is 2. The Morgan fingerprint density at radius 3 is 2.64 bits per heavy atom. The molecule has 1 aromatic carbocycles. The molecule has 0 unspecified atom stereocenters.